The smallest absolute Gasteiger partial charge is 0.223 e. The summed E-state index contributed by atoms with van der Waals surface area (Å²) in [5, 5.41) is 3.13. The standard InChI is InChI=1S/C14H28N2O/c1-3-14(4-2,10-15)11-16-13(17)12-8-6-5-7-9-12/h12H,3-11,15H2,1-2H3,(H,16,17). The van der Waals surface area contributed by atoms with E-state index in [0.29, 0.717) is 6.54 Å². The van der Waals surface area contributed by atoms with Crippen LogP contribution in [0.4, 0.5) is 0 Å². The molecule has 0 atom stereocenters. The first kappa shape index (κ1) is 14.5. The third kappa shape index (κ3) is 3.98. The van der Waals surface area contributed by atoms with Crippen LogP contribution in [0.15, 0.2) is 0 Å². The molecule has 1 fully saturated rings. The van der Waals surface area contributed by atoms with Crippen molar-refractivity contribution in [2.75, 3.05) is 13.1 Å². The van der Waals surface area contributed by atoms with Gasteiger partial charge in [-0.2, -0.15) is 0 Å². The molecule has 17 heavy (non-hydrogen) atoms. The van der Waals surface area contributed by atoms with Gasteiger partial charge in [0.1, 0.15) is 0 Å². The highest BCUT2D eigenvalue weighted by molar-refractivity contribution is 5.78. The fraction of sp³-hybridized carbons (Fsp3) is 0.929. The molecule has 0 aromatic rings. The van der Waals surface area contributed by atoms with E-state index in [1.807, 2.05) is 0 Å². The molecule has 1 rings (SSSR count). The van der Waals surface area contributed by atoms with Crippen LogP contribution in [0, 0.1) is 11.3 Å². The van der Waals surface area contributed by atoms with E-state index in [1.54, 1.807) is 0 Å². The number of nitrogens with one attached hydrogen (secondary N) is 1. The predicted molar refractivity (Wildman–Crippen MR) is 71.7 cm³/mol. The zero-order valence-corrected chi connectivity index (χ0v) is 11.4. The molecule has 100 valence electrons. The SMILES string of the molecule is CCC(CC)(CN)CNC(=O)C1CCCCC1. The van der Waals surface area contributed by atoms with E-state index in [9.17, 15) is 4.79 Å². The lowest BCUT2D eigenvalue weighted by molar-refractivity contribution is -0.126. The molecule has 3 heteroatoms. The second-order valence-electron chi connectivity index (χ2n) is 5.46. The maximum atomic E-state index is 12.0. The second-order valence-corrected chi connectivity index (χ2v) is 5.46. The van der Waals surface area contributed by atoms with Crippen LogP contribution in [0.25, 0.3) is 0 Å². The topological polar surface area (TPSA) is 55.1 Å². The van der Waals surface area contributed by atoms with E-state index in [4.69, 9.17) is 5.73 Å². The van der Waals surface area contributed by atoms with Gasteiger partial charge in [-0.25, -0.2) is 0 Å². The van der Waals surface area contributed by atoms with Gasteiger partial charge in [-0.15, -0.1) is 0 Å². The number of rotatable bonds is 6. The molecule has 0 aliphatic heterocycles. The van der Waals surface area contributed by atoms with Crippen LogP contribution >= 0.6 is 0 Å². The lowest BCUT2D eigenvalue weighted by Crippen LogP contribution is -2.43. The van der Waals surface area contributed by atoms with Crippen molar-refractivity contribution in [2.24, 2.45) is 17.1 Å². The number of carbonyl (C=O) groups excluding carboxylic acids is 1. The molecule has 3 nitrogen and oxygen atoms in total. The summed E-state index contributed by atoms with van der Waals surface area (Å²) in [6.45, 7) is 5.71. The molecule has 0 radical (unpaired) electrons. The Balaban J connectivity index is 2.40. The number of nitrogens with two attached hydrogens (primary N) is 1. The summed E-state index contributed by atoms with van der Waals surface area (Å²) in [4.78, 5) is 12.0. The molecule has 0 aromatic heterocycles. The third-order valence-corrected chi connectivity index (χ3v) is 4.55. The highest BCUT2D eigenvalue weighted by Gasteiger charge is 2.27. The molecule has 1 amide bonds. The van der Waals surface area contributed by atoms with Crippen molar-refractivity contribution >= 4 is 5.91 Å². The molecule has 0 aromatic carbocycles. The molecular weight excluding hydrogens is 212 g/mol. The van der Waals surface area contributed by atoms with Gasteiger partial charge in [-0.3, -0.25) is 4.79 Å². The van der Waals surface area contributed by atoms with E-state index in [-0.39, 0.29) is 17.2 Å². The molecular formula is C14H28N2O. The lowest BCUT2D eigenvalue weighted by atomic mass is 9.82. The fourth-order valence-electron chi connectivity index (χ4n) is 2.64. The third-order valence-electron chi connectivity index (χ3n) is 4.55. The molecule has 1 aliphatic carbocycles. The Bertz CT molecular complexity index is 222. The van der Waals surface area contributed by atoms with Crippen LogP contribution < -0.4 is 11.1 Å². The van der Waals surface area contributed by atoms with Crippen LogP contribution in [-0.4, -0.2) is 19.0 Å². The van der Waals surface area contributed by atoms with Crippen LogP contribution in [0.2, 0.25) is 0 Å². The van der Waals surface area contributed by atoms with Gasteiger partial charge in [0.05, 0.1) is 0 Å². The van der Waals surface area contributed by atoms with Crippen molar-refractivity contribution in [3.63, 3.8) is 0 Å². The first-order valence-corrected chi connectivity index (χ1v) is 7.15. The predicted octanol–water partition coefficient (Wildman–Crippen LogP) is 2.45. The second kappa shape index (κ2) is 7.00. The Morgan fingerprint density at radius 3 is 2.29 bits per heavy atom. The lowest BCUT2D eigenvalue weighted by Gasteiger charge is -2.31. The molecule has 1 saturated carbocycles. The van der Waals surface area contributed by atoms with Crippen molar-refractivity contribution in [1.29, 1.82) is 0 Å². The molecule has 1 aliphatic rings. The normalized spacial score (nSPS) is 18.1. The number of hydrogen-bond donors (Lipinski definition) is 2. The van der Waals surface area contributed by atoms with Crippen molar-refractivity contribution in [3.05, 3.63) is 0 Å². The van der Waals surface area contributed by atoms with Crippen LogP contribution in [0.3, 0.4) is 0 Å². The summed E-state index contributed by atoms with van der Waals surface area (Å²) < 4.78 is 0. The molecule has 3 N–H and O–H groups in total. The van der Waals surface area contributed by atoms with Crippen molar-refractivity contribution in [3.8, 4) is 0 Å². The molecule has 0 spiro atoms. The highest BCUT2D eigenvalue weighted by atomic mass is 16.1. The van der Waals surface area contributed by atoms with E-state index in [0.717, 1.165) is 32.2 Å². The van der Waals surface area contributed by atoms with E-state index < -0.39 is 0 Å². The van der Waals surface area contributed by atoms with Crippen LogP contribution in [0.1, 0.15) is 58.8 Å². The number of carbonyl (C=O) groups is 1. The summed E-state index contributed by atoms with van der Waals surface area (Å²) in [6, 6.07) is 0. The summed E-state index contributed by atoms with van der Waals surface area (Å²) in [5.74, 6) is 0.511. The maximum absolute atomic E-state index is 12.0. The van der Waals surface area contributed by atoms with Gasteiger partial charge in [0.2, 0.25) is 5.91 Å². The number of hydrogen-bond acceptors (Lipinski definition) is 2. The Morgan fingerprint density at radius 1 is 1.24 bits per heavy atom. The van der Waals surface area contributed by atoms with Gasteiger partial charge in [0.15, 0.2) is 0 Å². The Labute approximate surface area is 106 Å². The zero-order chi connectivity index (χ0) is 12.7. The summed E-state index contributed by atoms with van der Waals surface area (Å²) >= 11 is 0. The summed E-state index contributed by atoms with van der Waals surface area (Å²) in [6.07, 6.45) is 7.92. The molecule has 0 heterocycles. The van der Waals surface area contributed by atoms with Gasteiger partial charge in [0, 0.05) is 12.5 Å². The van der Waals surface area contributed by atoms with E-state index in [1.165, 1.54) is 19.3 Å². The average Bonchev–Trinajstić information content (AvgIpc) is 2.41. The van der Waals surface area contributed by atoms with Gasteiger partial charge >= 0.3 is 0 Å². The molecule has 0 saturated heterocycles. The quantitative estimate of drug-likeness (QED) is 0.749. The van der Waals surface area contributed by atoms with Gasteiger partial charge < -0.3 is 11.1 Å². The van der Waals surface area contributed by atoms with Crippen molar-refractivity contribution in [1.82, 2.24) is 5.32 Å². The van der Waals surface area contributed by atoms with E-state index in [2.05, 4.69) is 19.2 Å². The van der Waals surface area contributed by atoms with Gasteiger partial charge in [0.25, 0.3) is 0 Å². The largest absolute Gasteiger partial charge is 0.355 e. The van der Waals surface area contributed by atoms with Crippen LogP contribution in [0.5, 0.6) is 0 Å². The Morgan fingerprint density at radius 2 is 1.82 bits per heavy atom. The minimum absolute atomic E-state index is 0.102. The summed E-state index contributed by atoms with van der Waals surface area (Å²) in [5.41, 5.74) is 5.94. The number of amides is 1. The van der Waals surface area contributed by atoms with Gasteiger partial charge in [-0.05, 0) is 37.6 Å². The van der Waals surface area contributed by atoms with Gasteiger partial charge in [-0.1, -0.05) is 33.1 Å². The monoisotopic (exact) mass is 240 g/mol. The summed E-state index contributed by atoms with van der Waals surface area (Å²) in [7, 11) is 0. The molecule has 0 bridgehead atoms. The first-order chi connectivity index (χ1) is 8.17. The minimum atomic E-state index is 0.102. The average molecular weight is 240 g/mol. The highest BCUT2D eigenvalue weighted by Crippen LogP contribution is 2.26. The Kier molecular flexibility index (Phi) is 5.96. The van der Waals surface area contributed by atoms with Crippen molar-refractivity contribution < 1.29 is 4.79 Å². The zero-order valence-electron chi connectivity index (χ0n) is 11.4. The molecule has 0 unspecified atom stereocenters. The minimum Gasteiger partial charge on any atom is -0.355 e. The van der Waals surface area contributed by atoms with Crippen molar-refractivity contribution in [2.45, 2.75) is 58.8 Å². The Hall–Kier alpha value is -0.570. The maximum Gasteiger partial charge on any atom is 0.223 e. The first-order valence-electron chi connectivity index (χ1n) is 7.15. The van der Waals surface area contributed by atoms with E-state index >= 15 is 0 Å². The van der Waals surface area contributed by atoms with Crippen LogP contribution in [-0.2, 0) is 4.79 Å². The fourth-order valence-corrected chi connectivity index (χ4v) is 2.64.